The van der Waals surface area contributed by atoms with E-state index < -0.39 is 0 Å². The number of rotatable bonds is 4. The fraction of sp³-hybridized carbons (Fsp3) is 0.600. The molecule has 0 aliphatic heterocycles. The van der Waals surface area contributed by atoms with Crippen molar-refractivity contribution in [1.82, 2.24) is 0 Å². The van der Waals surface area contributed by atoms with Crippen LogP contribution in [0.3, 0.4) is 0 Å². The molecule has 0 spiro atoms. The SMILES string of the molecule is CC(C)c1ccccc1C1(CCN)CCC1. The van der Waals surface area contributed by atoms with Crippen LogP contribution in [0, 0.1) is 0 Å². The number of hydrogen-bond acceptors (Lipinski definition) is 1. The standard InChI is InChI=1S/C15H23N/c1-12(2)13-6-3-4-7-14(13)15(10-11-16)8-5-9-15/h3-4,6-7,12H,5,8-11,16H2,1-2H3. The van der Waals surface area contributed by atoms with E-state index in [2.05, 4.69) is 38.1 Å². The summed E-state index contributed by atoms with van der Waals surface area (Å²) >= 11 is 0. The van der Waals surface area contributed by atoms with Gasteiger partial charge < -0.3 is 5.73 Å². The second-order valence-corrected chi connectivity index (χ2v) is 5.41. The molecule has 0 atom stereocenters. The average Bonchev–Trinajstić information content (AvgIpc) is 2.23. The first kappa shape index (κ1) is 11.7. The normalized spacial score (nSPS) is 18.5. The van der Waals surface area contributed by atoms with Crippen LogP contribution in [0.5, 0.6) is 0 Å². The van der Waals surface area contributed by atoms with E-state index in [0.717, 1.165) is 13.0 Å². The van der Waals surface area contributed by atoms with Crippen molar-refractivity contribution < 1.29 is 0 Å². The van der Waals surface area contributed by atoms with E-state index in [-0.39, 0.29) is 0 Å². The van der Waals surface area contributed by atoms with E-state index in [1.807, 2.05) is 0 Å². The van der Waals surface area contributed by atoms with Gasteiger partial charge in [-0.2, -0.15) is 0 Å². The van der Waals surface area contributed by atoms with Crippen LogP contribution in [-0.2, 0) is 5.41 Å². The van der Waals surface area contributed by atoms with E-state index >= 15 is 0 Å². The molecule has 0 bridgehead atoms. The Morgan fingerprint density at radius 1 is 1.25 bits per heavy atom. The van der Waals surface area contributed by atoms with Crippen LogP contribution < -0.4 is 5.73 Å². The van der Waals surface area contributed by atoms with Gasteiger partial charge in [0.05, 0.1) is 0 Å². The minimum absolute atomic E-state index is 0.412. The van der Waals surface area contributed by atoms with Gasteiger partial charge in [-0.25, -0.2) is 0 Å². The third-order valence-electron chi connectivity index (χ3n) is 4.09. The van der Waals surface area contributed by atoms with E-state index in [9.17, 15) is 0 Å². The number of nitrogens with two attached hydrogens (primary N) is 1. The maximum atomic E-state index is 5.79. The zero-order valence-corrected chi connectivity index (χ0v) is 10.5. The third kappa shape index (κ3) is 1.89. The number of benzene rings is 1. The molecule has 1 aromatic rings. The summed E-state index contributed by atoms with van der Waals surface area (Å²) in [5, 5.41) is 0. The molecule has 88 valence electrons. The quantitative estimate of drug-likeness (QED) is 0.819. The Kier molecular flexibility index (Phi) is 3.34. The second kappa shape index (κ2) is 4.58. The molecule has 0 aromatic heterocycles. The first-order valence-corrected chi connectivity index (χ1v) is 6.49. The van der Waals surface area contributed by atoms with Crippen LogP contribution in [-0.4, -0.2) is 6.54 Å². The van der Waals surface area contributed by atoms with Crippen molar-refractivity contribution in [1.29, 1.82) is 0 Å². The summed E-state index contributed by atoms with van der Waals surface area (Å²) in [5.74, 6) is 0.617. The minimum atomic E-state index is 0.412. The summed E-state index contributed by atoms with van der Waals surface area (Å²) in [6, 6.07) is 8.95. The molecule has 1 fully saturated rings. The zero-order chi connectivity index (χ0) is 11.6. The molecule has 1 aliphatic rings. The van der Waals surface area contributed by atoms with Crippen molar-refractivity contribution in [3.63, 3.8) is 0 Å². The van der Waals surface area contributed by atoms with Crippen molar-refractivity contribution >= 4 is 0 Å². The molecule has 1 aromatic carbocycles. The molecule has 16 heavy (non-hydrogen) atoms. The van der Waals surface area contributed by atoms with Crippen LogP contribution in [0.25, 0.3) is 0 Å². The maximum Gasteiger partial charge on any atom is -0.00322 e. The molecule has 1 saturated carbocycles. The molecule has 0 saturated heterocycles. The lowest BCUT2D eigenvalue weighted by Gasteiger charge is -2.44. The number of hydrogen-bond donors (Lipinski definition) is 1. The largest absolute Gasteiger partial charge is 0.330 e. The molecule has 1 aliphatic carbocycles. The monoisotopic (exact) mass is 217 g/mol. The lowest BCUT2D eigenvalue weighted by atomic mass is 9.61. The van der Waals surface area contributed by atoms with E-state index in [1.165, 1.54) is 24.8 Å². The Morgan fingerprint density at radius 2 is 1.94 bits per heavy atom. The molecular formula is C15H23N. The molecule has 0 radical (unpaired) electrons. The minimum Gasteiger partial charge on any atom is -0.330 e. The lowest BCUT2D eigenvalue weighted by molar-refractivity contribution is 0.227. The molecular weight excluding hydrogens is 194 g/mol. The van der Waals surface area contributed by atoms with Gasteiger partial charge in [0.15, 0.2) is 0 Å². The molecule has 2 rings (SSSR count). The van der Waals surface area contributed by atoms with Crippen molar-refractivity contribution in [2.75, 3.05) is 6.54 Å². The summed E-state index contributed by atoms with van der Waals surface area (Å²) < 4.78 is 0. The van der Waals surface area contributed by atoms with Gasteiger partial charge in [-0.1, -0.05) is 44.5 Å². The van der Waals surface area contributed by atoms with Crippen molar-refractivity contribution in [3.8, 4) is 0 Å². The highest BCUT2D eigenvalue weighted by molar-refractivity contribution is 5.38. The molecule has 2 N–H and O–H groups in total. The van der Waals surface area contributed by atoms with Gasteiger partial charge in [-0.05, 0) is 48.3 Å². The van der Waals surface area contributed by atoms with Crippen molar-refractivity contribution in [3.05, 3.63) is 35.4 Å². The van der Waals surface area contributed by atoms with Crippen molar-refractivity contribution in [2.45, 2.75) is 50.9 Å². The highest BCUT2D eigenvalue weighted by Gasteiger charge is 2.39. The third-order valence-corrected chi connectivity index (χ3v) is 4.09. The summed E-state index contributed by atoms with van der Waals surface area (Å²) in [6.07, 6.45) is 5.17. The van der Waals surface area contributed by atoms with Gasteiger partial charge in [0.1, 0.15) is 0 Å². The highest BCUT2D eigenvalue weighted by Crippen LogP contribution is 2.48. The van der Waals surface area contributed by atoms with Gasteiger partial charge in [0.25, 0.3) is 0 Å². The molecule has 0 unspecified atom stereocenters. The Bertz CT molecular complexity index is 350. The summed E-state index contributed by atoms with van der Waals surface area (Å²) in [4.78, 5) is 0. The van der Waals surface area contributed by atoms with Crippen LogP contribution in [0.4, 0.5) is 0 Å². The average molecular weight is 217 g/mol. The predicted molar refractivity (Wildman–Crippen MR) is 69.7 cm³/mol. The van der Waals surface area contributed by atoms with E-state index in [1.54, 1.807) is 5.56 Å². The van der Waals surface area contributed by atoms with Crippen LogP contribution in [0.2, 0.25) is 0 Å². The zero-order valence-electron chi connectivity index (χ0n) is 10.5. The van der Waals surface area contributed by atoms with E-state index in [0.29, 0.717) is 11.3 Å². The Morgan fingerprint density at radius 3 is 2.44 bits per heavy atom. The Hall–Kier alpha value is -0.820. The van der Waals surface area contributed by atoms with Gasteiger partial charge in [0.2, 0.25) is 0 Å². The molecule has 1 nitrogen and oxygen atoms in total. The van der Waals surface area contributed by atoms with Gasteiger partial charge in [-0.3, -0.25) is 0 Å². The molecule has 0 amide bonds. The van der Waals surface area contributed by atoms with Gasteiger partial charge in [0, 0.05) is 0 Å². The van der Waals surface area contributed by atoms with Crippen LogP contribution in [0.15, 0.2) is 24.3 Å². The molecule has 0 heterocycles. The Labute approximate surface area is 99.0 Å². The predicted octanol–water partition coefficient (Wildman–Crippen LogP) is 3.58. The Balaban J connectivity index is 2.37. The van der Waals surface area contributed by atoms with E-state index in [4.69, 9.17) is 5.73 Å². The first-order chi connectivity index (χ1) is 7.69. The van der Waals surface area contributed by atoms with Gasteiger partial charge >= 0.3 is 0 Å². The highest BCUT2D eigenvalue weighted by atomic mass is 14.6. The van der Waals surface area contributed by atoms with Crippen LogP contribution in [0.1, 0.15) is 56.6 Å². The van der Waals surface area contributed by atoms with Crippen LogP contribution >= 0.6 is 0 Å². The van der Waals surface area contributed by atoms with Crippen molar-refractivity contribution in [2.24, 2.45) is 5.73 Å². The van der Waals surface area contributed by atoms with Gasteiger partial charge in [-0.15, -0.1) is 0 Å². The fourth-order valence-electron chi connectivity index (χ4n) is 3.02. The topological polar surface area (TPSA) is 26.0 Å². The lowest BCUT2D eigenvalue weighted by Crippen LogP contribution is -2.37. The maximum absolute atomic E-state index is 5.79. The first-order valence-electron chi connectivity index (χ1n) is 6.49. The smallest absolute Gasteiger partial charge is 0.00322 e. The summed E-state index contributed by atoms with van der Waals surface area (Å²) in [5.41, 5.74) is 9.29. The molecule has 1 heteroatoms. The summed E-state index contributed by atoms with van der Waals surface area (Å²) in [6.45, 7) is 5.38. The fourth-order valence-corrected chi connectivity index (χ4v) is 3.02. The summed E-state index contributed by atoms with van der Waals surface area (Å²) in [7, 11) is 0. The second-order valence-electron chi connectivity index (χ2n) is 5.41.